The van der Waals surface area contributed by atoms with Gasteiger partial charge in [-0.25, -0.2) is 0 Å². The van der Waals surface area contributed by atoms with E-state index in [1.807, 2.05) is 28.5 Å². The van der Waals surface area contributed by atoms with E-state index in [1.165, 1.54) is 0 Å². The van der Waals surface area contributed by atoms with Crippen molar-refractivity contribution in [2.45, 2.75) is 25.4 Å². The molecule has 0 aliphatic heterocycles. The van der Waals surface area contributed by atoms with Crippen LogP contribution >= 0.6 is 22.9 Å². The number of carbonyl (C=O) groups excluding carboxylic acids is 1. The number of thiophene rings is 1. The first kappa shape index (κ1) is 15.4. The van der Waals surface area contributed by atoms with Crippen molar-refractivity contribution in [1.82, 2.24) is 10.1 Å². The van der Waals surface area contributed by atoms with Crippen molar-refractivity contribution in [1.29, 1.82) is 0 Å². The van der Waals surface area contributed by atoms with Crippen LogP contribution in [0, 0.1) is 0 Å². The monoisotopic (exact) mass is 358 g/mol. The van der Waals surface area contributed by atoms with Gasteiger partial charge in [0.1, 0.15) is 5.69 Å². The number of hydrogen-bond acceptors (Lipinski definition) is 4. The van der Waals surface area contributed by atoms with Crippen molar-refractivity contribution in [3.63, 3.8) is 0 Å². The second-order valence-electron chi connectivity index (χ2n) is 5.83. The van der Waals surface area contributed by atoms with Crippen LogP contribution in [0.3, 0.4) is 0 Å². The molecule has 0 saturated heterocycles. The van der Waals surface area contributed by atoms with Gasteiger partial charge in [-0.15, -0.1) is 11.3 Å². The van der Waals surface area contributed by atoms with Gasteiger partial charge in [-0.05, 0) is 48.6 Å². The molecule has 0 spiro atoms. The lowest BCUT2D eigenvalue weighted by molar-refractivity contribution is 0.0726. The summed E-state index contributed by atoms with van der Waals surface area (Å²) in [6, 6.07) is 13.2. The number of halogens is 1. The Labute approximate surface area is 148 Å². The van der Waals surface area contributed by atoms with Gasteiger partial charge >= 0.3 is 0 Å². The average molecular weight is 359 g/mol. The molecule has 0 radical (unpaired) electrons. The van der Waals surface area contributed by atoms with Crippen molar-refractivity contribution in [2.24, 2.45) is 0 Å². The van der Waals surface area contributed by atoms with E-state index in [2.05, 4.69) is 5.16 Å². The first-order valence-corrected chi connectivity index (χ1v) is 9.02. The average Bonchev–Trinajstić information content (AvgIpc) is 3.10. The van der Waals surface area contributed by atoms with Crippen LogP contribution in [0.4, 0.5) is 0 Å². The third-order valence-corrected chi connectivity index (χ3v) is 5.13. The summed E-state index contributed by atoms with van der Waals surface area (Å²) in [5, 5.41) is 6.75. The summed E-state index contributed by atoms with van der Waals surface area (Å²) in [4.78, 5) is 15.7. The van der Waals surface area contributed by atoms with Gasteiger partial charge in [0, 0.05) is 22.7 Å². The Morgan fingerprint density at radius 1 is 1.29 bits per heavy atom. The van der Waals surface area contributed by atoms with E-state index in [1.54, 1.807) is 35.6 Å². The van der Waals surface area contributed by atoms with E-state index in [0.29, 0.717) is 17.1 Å². The van der Waals surface area contributed by atoms with Crippen LogP contribution in [0.25, 0.3) is 10.6 Å². The van der Waals surface area contributed by atoms with Crippen molar-refractivity contribution >= 4 is 28.8 Å². The second kappa shape index (κ2) is 6.42. The largest absolute Gasteiger partial charge is 0.355 e. The van der Waals surface area contributed by atoms with Crippen molar-refractivity contribution in [3.05, 3.63) is 64.1 Å². The zero-order valence-corrected chi connectivity index (χ0v) is 14.4. The normalized spacial score (nSPS) is 13.9. The summed E-state index contributed by atoms with van der Waals surface area (Å²) in [5.41, 5.74) is 1.42. The van der Waals surface area contributed by atoms with E-state index in [9.17, 15) is 4.79 Å². The molecule has 0 atom stereocenters. The Morgan fingerprint density at radius 2 is 2.08 bits per heavy atom. The lowest BCUT2D eigenvalue weighted by Crippen LogP contribution is -2.32. The maximum Gasteiger partial charge on any atom is 0.254 e. The molecule has 6 heteroatoms. The number of hydrogen-bond donors (Lipinski definition) is 0. The Balaban J connectivity index is 1.54. The molecule has 0 unspecified atom stereocenters. The van der Waals surface area contributed by atoms with Gasteiger partial charge in [-0.2, -0.15) is 0 Å². The van der Waals surface area contributed by atoms with Gasteiger partial charge in [0.25, 0.3) is 5.91 Å². The van der Waals surface area contributed by atoms with Gasteiger partial charge < -0.3 is 9.42 Å². The highest BCUT2D eigenvalue weighted by Gasteiger charge is 2.33. The predicted octanol–water partition coefficient (Wildman–Crippen LogP) is 4.86. The summed E-state index contributed by atoms with van der Waals surface area (Å²) < 4.78 is 5.42. The SMILES string of the molecule is O=C(c1ccc(Cl)cc1)N(Cc1cc(-c2cccs2)on1)C1CC1. The Kier molecular flexibility index (Phi) is 4.12. The molecular formula is C18H15ClN2O2S. The van der Waals surface area contributed by atoms with E-state index < -0.39 is 0 Å². The van der Waals surface area contributed by atoms with Crippen LogP contribution in [-0.4, -0.2) is 22.0 Å². The highest BCUT2D eigenvalue weighted by molar-refractivity contribution is 7.13. The fourth-order valence-corrected chi connectivity index (χ4v) is 3.41. The number of amides is 1. The molecule has 1 aromatic carbocycles. The quantitative estimate of drug-likeness (QED) is 0.654. The third kappa shape index (κ3) is 3.23. The molecule has 1 aliphatic rings. The number of carbonyl (C=O) groups is 1. The molecule has 3 aromatic rings. The van der Waals surface area contributed by atoms with Crippen LogP contribution in [0.5, 0.6) is 0 Å². The van der Waals surface area contributed by atoms with Crippen LogP contribution in [0.15, 0.2) is 52.4 Å². The third-order valence-electron chi connectivity index (χ3n) is 4.00. The summed E-state index contributed by atoms with van der Waals surface area (Å²) in [5.74, 6) is 0.754. The Bertz CT molecular complexity index is 838. The molecule has 2 aromatic heterocycles. The molecule has 122 valence electrons. The van der Waals surface area contributed by atoms with Gasteiger partial charge in [0.2, 0.25) is 0 Å². The fraction of sp³-hybridized carbons (Fsp3) is 0.222. The smallest absolute Gasteiger partial charge is 0.254 e. The van der Waals surface area contributed by atoms with E-state index in [0.717, 1.165) is 29.2 Å². The first-order valence-electron chi connectivity index (χ1n) is 7.77. The molecule has 4 rings (SSSR count). The van der Waals surface area contributed by atoms with Gasteiger partial charge in [0.05, 0.1) is 11.4 Å². The maximum absolute atomic E-state index is 12.8. The molecule has 24 heavy (non-hydrogen) atoms. The van der Waals surface area contributed by atoms with Crippen molar-refractivity contribution < 1.29 is 9.32 Å². The van der Waals surface area contributed by atoms with Gasteiger partial charge in [-0.1, -0.05) is 22.8 Å². The highest BCUT2D eigenvalue weighted by atomic mass is 35.5. The number of nitrogens with zero attached hydrogens (tertiary/aromatic N) is 2. The van der Waals surface area contributed by atoms with Crippen molar-refractivity contribution in [2.75, 3.05) is 0 Å². The van der Waals surface area contributed by atoms with E-state index >= 15 is 0 Å². The van der Waals surface area contributed by atoms with E-state index in [-0.39, 0.29) is 11.9 Å². The van der Waals surface area contributed by atoms with Gasteiger partial charge in [0.15, 0.2) is 5.76 Å². The second-order valence-corrected chi connectivity index (χ2v) is 7.22. The molecule has 1 amide bonds. The fourth-order valence-electron chi connectivity index (χ4n) is 2.61. The summed E-state index contributed by atoms with van der Waals surface area (Å²) in [7, 11) is 0. The molecule has 1 aliphatic carbocycles. The number of aromatic nitrogens is 1. The minimum absolute atomic E-state index is 0.00911. The van der Waals surface area contributed by atoms with Crippen molar-refractivity contribution in [3.8, 4) is 10.6 Å². The van der Waals surface area contributed by atoms with Gasteiger partial charge in [-0.3, -0.25) is 4.79 Å². The number of benzene rings is 1. The molecule has 1 fully saturated rings. The molecule has 1 saturated carbocycles. The lowest BCUT2D eigenvalue weighted by Gasteiger charge is -2.21. The topological polar surface area (TPSA) is 46.3 Å². The Hall–Kier alpha value is -2.11. The number of rotatable bonds is 5. The summed E-state index contributed by atoms with van der Waals surface area (Å²) >= 11 is 7.51. The molecule has 4 nitrogen and oxygen atoms in total. The standard InChI is InChI=1S/C18H15ClN2O2S/c19-13-5-3-12(4-6-13)18(22)21(15-7-8-15)11-14-10-16(23-20-14)17-2-1-9-24-17/h1-6,9-10,15H,7-8,11H2. The molecule has 2 heterocycles. The lowest BCUT2D eigenvalue weighted by atomic mass is 10.2. The molecule has 0 bridgehead atoms. The zero-order valence-electron chi connectivity index (χ0n) is 12.8. The predicted molar refractivity (Wildman–Crippen MR) is 94.2 cm³/mol. The minimum Gasteiger partial charge on any atom is -0.355 e. The minimum atomic E-state index is 0.00911. The van der Waals surface area contributed by atoms with E-state index in [4.69, 9.17) is 16.1 Å². The summed E-state index contributed by atoms with van der Waals surface area (Å²) in [6.45, 7) is 0.459. The maximum atomic E-state index is 12.8. The van der Waals surface area contributed by atoms with Crippen LogP contribution in [-0.2, 0) is 6.54 Å². The highest BCUT2D eigenvalue weighted by Crippen LogP contribution is 2.31. The van der Waals surface area contributed by atoms with Crippen LogP contribution in [0.1, 0.15) is 28.9 Å². The summed E-state index contributed by atoms with van der Waals surface area (Å²) in [6.07, 6.45) is 2.07. The van der Waals surface area contributed by atoms with Crippen LogP contribution < -0.4 is 0 Å². The van der Waals surface area contributed by atoms with Crippen LogP contribution in [0.2, 0.25) is 5.02 Å². The first-order chi connectivity index (χ1) is 11.7. The molecular weight excluding hydrogens is 344 g/mol. The zero-order chi connectivity index (χ0) is 16.5. The molecule has 0 N–H and O–H groups in total. The Morgan fingerprint density at radius 3 is 2.75 bits per heavy atom.